The van der Waals surface area contributed by atoms with Crippen LogP contribution in [0.4, 0.5) is 0 Å². The molecule has 1 heterocycles. The Hall–Kier alpha value is -1.57. The van der Waals surface area contributed by atoms with E-state index in [1.807, 2.05) is 13.0 Å². The van der Waals surface area contributed by atoms with Crippen LogP contribution in [0.5, 0.6) is 0 Å². The van der Waals surface area contributed by atoms with E-state index in [1.165, 1.54) is 11.1 Å². The van der Waals surface area contributed by atoms with Gasteiger partial charge in [-0.3, -0.25) is 0 Å². The molecule has 2 nitrogen and oxygen atoms in total. The van der Waals surface area contributed by atoms with Crippen LogP contribution in [0.2, 0.25) is 0 Å². The van der Waals surface area contributed by atoms with Gasteiger partial charge in [0.1, 0.15) is 5.60 Å². The Morgan fingerprint density at radius 3 is 2.94 bits per heavy atom. The number of hydrogen-bond donors (Lipinski definition) is 0. The summed E-state index contributed by atoms with van der Waals surface area (Å²) in [5, 5.41) is 0. The smallest absolute Gasteiger partial charge is 0.331 e. The molecule has 1 aliphatic carbocycles. The van der Waals surface area contributed by atoms with Crippen molar-refractivity contribution in [3.63, 3.8) is 0 Å². The monoisotopic (exact) mass is 228 g/mol. The minimum atomic E-state index is -0.384. The Morgan fingerprint density at radius 2 is 2.12 bits per heavy atom. The molecule has 0 radical (unpaired) electrons. The molecule has 0 amide bonds. The van der Waals surface area contributed by atoms with E-state index >= 15 is 0 Å². The van der Waals surface area contributed by atoms with Crippen molar-refractivity contribution in [2.24, 2.45) is 0 Å². The van der Waals surface area contributed by atoms with Crippen molar-refractivity contribution in [2.75, 3.05) is 0 Å². The number of benzene rings is 1. The Kier molecular flexibility index (Phi) is 2.32. The first-order valence-electron chi connectivity index (χ1n) is 6.18. The van der Waals surface area contributed by atoms with Gasteiger partial charge in [0.05, 0.1) is 0 Å². The zero-order valence-corrected chi connectivity index (χ0v) is 10.0. The summed E-state index contributed by atoms with van der Waals surface area (Å²) < 4.78 is 5.70. The van der Waals surface area contributed by atoms with Crippen molar-refractivity contribution < 1.29 is 9.53 Å². The third kappa shape index (κ3) is 1.68. The number of ether oxygens (including phenoxy) is 1. The molecule has 1 spiro atoms. The van der Waals surface area contributed by atoms with Crippen LogP contribution in [-0.2, 0) is 21.6 Å². The molecule has 3 rings (SSSR count). The number of esters is 1. The maximum Gasteiger partial charge on any atom is 0.331 e. The predicted molar refractivity (Wildman–Crippen MR) is 65.5 cm³/mol. The van der Waals surface area contributed by atoms with Gasteiger partial charge in [-0.25, -0.2) is 4.79 Å². The van der Waals surface area contributed by atoms with Crippen LogP contribution in [0, 0.1) is 0 Å². The molecular weight excluding hydrogens is 212 g/mol. The zero-order chi connectivity index (χ0) is 11.9. The number of fused-ring (bicyclic) bond motifs is 2. The second kappa shape index (κ2) is 3.73. The van der Waals surface area contributed by atoms with Crippen molar-refractivity contribution >= 4 is 5.97 Å². The minimum absolute atomic E-state index is 0.189. The molecule has 0 N–H and O–H groups in total. The molecule has 0 bridgehead atoms. The standard InChI is InChI=1S/C15H16O2/c1-11-9-14(16)17-15(10-11)8-4-6-12-5-2-3-7-13(12)15/h2-3,5,7,9H,4,6,8,10H2,1H3. The predicted octanol–water partition coefficient (Wildman–Crippen LogP) is 3.11. The highest BCUT2D eigenvalue weighted by molar-refractivity contribution is 5.84. The van der Waals surface area contributed by atoms with Crippen LogP contribution in [-0.4, -0.2) is 5.97 Å². The lowest BCUT2D eigenvalue weighted by Gasteiger charge is -2.40. The Bertz CT molecular complexity index is 501. The zero-order valence-electron chi connectivity index (χ0n) is 10.0. The Morgan fingerprint density at radius 1 is 1.29 bits per heavy atom. The van der Waals surface area contributed by atoms with Crippen LogP contribution >= 0.6 is 0 Å². The van der Waals surface area contributed by atoms with Gasteiger partial charge in [-0.1, -0.05) is 29.8 Å². The van der Waals surface area contributed by atoms with E-state index in [1.54, 1.807) is 6.08 Å². The van der Waals surface area contributed by atoms with E-state index in [9.17, 15) is 4.79 Å². The fourth-order valence-electron chi connectivity index (χ4n) is 3.13. The summed E-state index contributed by atoms with van der Waals surface area (Å²) in [5.74, 6) is -0.189. The number of hydrogen-bond acceptors (Lipinski definition) is 2. The molecule has 1 aliphatic heterocycles. The third-order valence-corrected chi connectivity index (χ3v) is 3.76. The van der Waals surface area contributed by atoms with Crippen LogP contribution < -0.4 is 0 Å². The summed E-state index contributed by atoms with van der Waals surface area (Å²) in [4.78, 5) is 11.7. The van der Waals surface area contributed by atoms with Gasteiger partial charge in [0, 0.05) is 12.5 Å². The van der Waals surface area contributed by atoms with Gasteiger partial charge in [-0.05, 0) is 37.3 Å². The molecular formula is C15H16O2. The summed E-state index contributed by atoms with van der Waals surface area (Å²) in [6.45, 7) is 2.01. The fourth-order valence-corrected chi connectivity index (χ4v) is 3.13. The largest absolute Gasteiger partial charge is 0.451 e. The lowest BCUT2D eigenvalue weighted by Crippen LogP contribution is -2.38. The Balaban J connectivity index is 2.10. The van der Waals surface area contributed by atoms with Crippen LogP contribution in [0.15, 0.2) is 35.9 Å². The molecule has 2 heteroatoms. The number of rotatable bonds is 0. The van der Waals surface area contributed by atoms with Crippen molar-refractivity contribution in [2.45, 2.75) is 38.2 Å². The molecule has 0 saturated carbocycles. The normalized spacial score (nSPS) is 27.4. The maximum absolute atomic E-state index is 11.7. The molecule has 1 atom stereocenters. The van der Waals surface area contributed by atoms with Crippen LogP contribution in [0.3, 0.4) is 0 Å². The van der Waals surface area contributed by atoms with Gasteiger partial charge < -0.3 is 4.74 Å². The summed E-state index contributed by atoms with van der Waals surface area (Å²) in [5.41, 5.74) is 3.29. The van der Waals surface area contributed by atoms with Crippen molar-refractivity contribution in [1.29, 1.82) is 0 Å². The first-order valence-corrected chi connectivity index (χ1v) is 6.18. The highest BCUT2D eigenvalue weighted by Crippen LogP contribution is 2.44. The first kappa shape index (κ1) is 10.6. The van der Waals surface area contributed by atoms with Gasteiger partial charge in [-0.2, -0.15) is 0 Å². The number of aryl methyl sites for hydroxylation is 1. The summed E-state index contributed by atoms with van der Waals surface area (Å²) >= 11 is 0. The molecule has 0 aromatic heterocycles. The first-order chi connectivity index (χ1) is 8.20. The van der Waals surface area contributed by atoms with E-state index in [2.05, 4.69) is 18.2 Å². The summed E-state index contributed by atoms with van der Waals surface area (Å²) in [6, 6.07) is 8.36. The summed E-state index contributed by atoms with van der Waals surface area (Å²) in [7, 11) is 0. The number of carbonyl (C=O) groups is 1. The van der Waals surface area contributed by atoms with E-state index < -0.39 is 0 Å². The van der Waals surface area contributed by atoms with Crippen LogP contribution in [0.1, 0.15) is 37.3 Å². The van der Waals surface area contributed by atoms with Crippen molar-refractivity contribution in [3.8, 4) is 0 Å². The lowest BCUT2D eigenvalue weighted by molar-refractivity contribution is -0.158. The third-order valence-electron chi connectivity index (χ3n) is 3.76. The quantitative estimate of drug-likeness (QED) is 0.638. The molecule has 2 aliphatic rings. The van der Waals surface area contributed by atoms with Crippen molar-refractivity contribution in [3.05, 3.63) is 47.0 Å². The van der Waals surface area contributed by atoms with Crippen molar-refractivity contribution in [1.82, 2.24) is 0 Å². The van der Waals surface area contributed by atoms with Gasteiger partial charge in [0.2, 0.25) is 0 Å². The van der Waals surface area contributed by atoms with E-state index in [-0.39, 0.29) is 11.6 Å². The average molecular weight is 228 g/mol. The summed E-state index contributed by atoms with van der Waals surface area (Å²) in [6.07, 6.45) is 5.59. The molecule has 0 fully saturated rings. The van der Waals surface area contributed by atoms with Gasteiger partial charge in [0.25, 0.3) is 0 Å². The molecule has 1 aromatic rings. The minimum Gasteiger partial charge on any atom is -0.451 e. The second-order valence-electron chi connectivity index (χ2n) is 5.09. The topological polar surface area (TPSA) is 26.3 Å². The van der Waals surface area contributed by atoms with E-state index in [0.717, 1.165) is 31.3 Å². The Labute approximate surface area is 101 Å². The molecule has 1 unspecified atom stereocenters. The molecule has 0 saturated heterocycles. The van der Waals surface area contributed by atoms with E-state index in [4.69, 9.17) is 4.74 Å². The van der Waals surface area contributed by atoms with Gasteiger partial charge >= 0.3 is 5.97 Å². The van der Waals surface area contributed by atoms with Crippen LogP contribution in [0.25, 0.3) is 0 Å². The van der Waals surface area contributed by atoms with Gasteiger partial charge in [0.15, 0.2) is 0 Å². The fraction of sp³-hybridized carbons (Fsp3) is 0.400. The van der Waals surface area contributed by atoms with E-state index in [0.29, 0.717) is 0 Å². The molecule has 17 heavy (non-hydrogen) atoms. The SMILES string of the molecule is CC1=CC(=O)OC2(CCCc3ccccc32)C1. The number of carbonyl (C=O) groups excluding carboxylic acids is 1. The highest BCUT2D eigenvalue weighted by Gasteiger charge is 2.41. The second-order valence-corrected chi connectivity index (χ2v) is 5.09. The maximum atomic E-state index is 11.7. The molecule has 1 aromatic carbocycles. The highest BCUT2D eigenvalue weighted by atomic mass is 16.6. The molecule has 88 valence electrons. The lowest BCUT2D eigenvalue weighted by atomic mass is 9.75. The van der Waals surface area contributed by atoms with Gasteiger partial charge in [-0.15, -0.1) is 0 Å². The average Bonchev–Trinajstić information content (AvgIpc) is 2.28.